The van der Waals surface area contributed by atoms with Gasteiger partial charge in [0.05, 0.1) is 6.61 Å². The zero-order chi connectivity index (χ0) is 11.8. The van der Waals surface area contributed by atoms with Crippen molar-refractivity contribution in [2.24, 2.45) is 4.99 Å². The normalized spacial score (nSPS) is 37.0. The van der Waals surface area contributed by atoms with Gasteiger partial charge in [0.15, 0.2) is 10.6 Å². The van der Waals surface area contributed by atoms with E-state index in [1.54, 1.807) is 23.4 Å². The number of aliphatic imine (C=N–C) groups is 1. The molecule has 0 aromatic rings. The first kappa shape index (κ1) is 12.1. The molecule has 0 bridgehead atoms. The molecule has 0 aromatic heterocycles. The number of hydrogen-bond acceptors (Lipinski definition) is 5. The largest absolute Gasteiger partial charge is 0.394 e. The summed E-state index contributed by atoms with van der Waals surface area (Å²) in [6.07, 6.45) is 2.45. The molecule has 2 N–H and O–H groups in total. The van der Waals surface area contributed by atoms with Crippen LogP contribution in [0.3, 0.4) is 0 Å². The minimum Gasteiger partial charge on any atom is -0.394 e. The van der Waals surface area contributed by atoms with E-state index in [0.29, 0.717) is 6.67 Å². The number of aliphatic hydroxyl groups is 2. The molecule has 0 aliphatic carbocycles. The van der Waals surface area contributed by atoms with Crippen LogP contribution in [0, 0.1) is 0 Å². The maximum absolute atomic E-state index is 9.78. The average molecular weight is 267 g/mol. The predicted molar refractivity (Wildman–Crippen MR) is 60.5 cm³/mol. The molecule has 3 atom stereocenters. The Morgan fingerprint density at radius 1 is 1.56 bits per heavy atom. The van der Waals surface area contributed by atoms with E-state index in [1.807, 2.05) is 0 Å². The van der Waals surface area contributed by atoms with E-state index >= 15 is 0 Å². The van der Waals surface area contributed by atoms with Gasteiger partial charge in [0, 0.05) is 12.4 Å². The second-order valence-corrected chi connectivity index (χ2v) is 5.10. The van der Waals surface area contributed by atoms with Crippen molar-refractivity contribution in [2.45, 2.75) is 22.8 Å². The lowest BCUT2D eigenvalue weighted by atomic mass is 10.1. The zero-order valence-corrected chi connectivity index (χ0v) is 9.84. The molecule has 0 saturated carbocycles. The SMILES string of the molecule is OC[C@H]1O[C@@H](N2C=CC=NC2)C(Cl)(Cl)[C@@H]1O. The van der Waals surface area contributed by atoms with Gasteiger partial charge in [-0.2, -0.15) is 0 Å². The third-order valence-corrected chi connectivity index (χ3v) is 3.40. The minimum atomic E-state index is -1.48. The highest BCUT2D eigenvalue weighted by molar-refractivity contribution is 6.49. The van der Waals surface area contributed by atoms with Crippen LogP contribution in [0.4, 0.5) is 0 Å². The number of nitrogens with zero attached hydrogens (tertiary/aromatic N) is 2. The summed E-state index contributed by atoms with van der Waals surface area (Å²) in [6.45, 7) is 0.0207. The molecule has 0 aromatic carbocycles. The molecule has 2 aliphatic heterocycles. The first-order valence-electron chi connectivity index (χ1n) is 4.82. The second-order valence-electron chi connectivity index (χ2n) is 3.66. The fraction of sp³-hybridized carbons (Fsp3) is 0.667. The Bertz CT molecular complexity index is 322. The zero-order valence-electron chi connectivity index (χ0n) is 8.33. The van der Waals surface area contributed by atoms with Crippen molar-refractivity contribution in [1.29, 1.82) is 0 Å². The van der Waals surface area contributed by atoms with Gasteiger partial charge in [-0.1, -0.05) is 23.2 Å². The molecule has 1 fully saturated rings. The summed E-state index contributed by atoms with van der Waals surface area (Å²) in [5.41, 5.74) is 0. The molecule has 0 unspecified atom stereocenters. The quantitative estimate of drug-likeness (QED) is 0.696. The molecule has 7 heteroatoms. The van der Waals surface area contributed by atoms with Crippen molar-refractivity contribution in [2.75, 3.05) is 13.3 Å². The van der Waals surface area contributed by atoms with E-state index in [4.69, 9.17) is 33.0 Å². The standard InChI is InChI=1S/C9H12Cl2N2O3/c10-9(11)7(15)6(4-14)16-8(9)13-3-1-2-12-5-13/h1-3,6-8,14-15H,4-5H2/t6-,7-,8-/m1/s1. The maximum atomic E-state index is 9.78. The van der Waals surface area contributed by atoms with Crippen LogP contribution in [-0.2, 0) is 4.74 Å². The van der Waals surface area contributed by atoms with E-state index in [1.165, 1.54) is 0 Å². The van der Waals surface area contributed by atoms with Crippen molar-refractivity contribution in [3.8, 4) is 0 Å². The Labute approximate surface area is 103 Å². The first-order valence-corrected chi connectivity index (χ1v) is 5.57. The van der Waals surface area contributed by atoms with Gasteiger partial charge in [-0.05, 0) is 6.08 Å². The number of ether oxygens (including phenoxy) is 1. The monoisotopic (exact) mass is 266 g/mol. The van der Waals surface area contributed by atoms with Crippen molar-refractivity contribution < 1.29 is 14.9 Å². The van der Waals surface area contributed by atoms with Gasteiger partial charge in [0.1, 0.15) is 18.9 Å². The van der Waals surface area contributed by atoms with Gasteiger partial charge >= 0.3 is 0 Å². The highest BCUT2D eigenvalue weighted by atomic mass is 35.5. The highest BCUT2D eigenvalue weighted by Crippen LogP contribution is 2.42. The van der Waals surface area contributed by atoms with Crippen LogP contribution in [0.5, 0.6) is 0 Å². The summed E-state index contributed by atoms with van der Waals surface area (Å²) < 4.78 is 3.93. The molecule has 90 valence electrons. The van der Waals surface area contributed by atoms with Crippen molar-refractivity contribution in [3.05, 3.63) is 12.3 Å². The van der Waals surface area contributed by atoms with Crippen LogP contribution in [0.2, 0.25) is 0 Å². The van der Waals surface area contributed by atoms with Crippen LogP contribution in [0.1, 0.15) is 0 Å². The van der Waals surface area contributed by atoms with Crippen LogP contribution in [0.15, 0.2) is 17.3 Å². The van der Waals surface area contributed by atoms with Gasteiger partial charge in [-0.3, -0.25) is 4.99 Å². The summed E-state index contributed by atoms with van der Waals surface area (Å²) in [6, 6.07) is 0. The molecule has 5 nitrogen and oxygen atoms in total. The molecule has 0 amide bonds. The van der Waals surface area contributed by atoms with Crippen LogP contribution in [-0.4, -0.2) is 57.4 Å². The molecule has 0 spiro atoms. The van der Waals surface area contributed by atoms with E-state index < -0.39 is 22.8 Å². The molecule has 2 rings (SSSR count). The third kappa shape index (κ3) is 1.94. The molecular formula is C9H12Cl2N2O3. The van der Waals surface area contributed by atoms with Crippen LogP contribution >= 0.6 is 23.2 Å². The molecular weight excluding hydrogens is 255 g/mol. The summed E-state index contributed by atoms with van der Waals surface area (Å²) in [5, 5.41) is 18.8. The molecule has 0 radical (unpaired) electrons. The minimum absolute atomic E-state index is 0.334. The van der Waals surface area contributed by atoms with Crippen molar-refractivity contribution in [1.82, 2.24) is 4.90 Å². The van der Waals surface area contributed by atoms with Gasteiger partial charge in [-0.25, -0.2) is 0 Å². The fourth-order valence-electron chi connectivity index (χ4n) is 1.72. The van der Waals surface area contributed by atoms with E-state index in [0.717, 1.165) is 0 Å². The molecule has 1 saturated heterocycles. The van der Waals surface area contributed by atoms with E-state index in [2.05, 4.69) is 4.99 Å². The topological polar surface area (TPSA) is 65.3 Å². The Hall–Kier alpha value is -0.330. The highest BCUT2D eigenvalue weighted by Gasteiger charge is 2.56. The number of halogens is 2. The summed E-state index contributed by atoms with van der Waals surface area (Å²) in [5.74, 6) is 0. The first-order chi connectivity index (χ1) is 7.57. The van der Waals surface area contributed by atoms with Gasteiger partial charge in [0.2, 0.25) is 0 Å². The molecule has 2 aliphatic rings. The predicted octanol–water partition coefficient (Wildman–Crippen LogP) is 0.0960. The van der Waals surface area contributed by atoms with Crippen molar-refractivity contribution >= 4 is 29.4 Å². The molecule has 2 heterocycles. The maximum Gasteiger partial charge on any atom is 0.190 e. The lowest BCUT2D eigenvalue weighted by Crippen LogP contribution is -2.46. The number of hydrogen-bond donors (Lipinski definition) is 2. The van der Waals surface area contributed by atoms with Crippen molar-refractivity contribution in [3.63, 3.8) is 0 Å². The summed E-state index contributed by atoms with van der Waals surface area (Å²) >= 11 is 12.1. The smallest absolute Gasteiger partial charge is 0.190 e. The Balaban J connectivity index is 2.16. The molecule has 16 heavy (non-hydrogen) atoms. The summed E-state index contributed by atoms with van der Waals surface area (Å²) in [7, 11) is 0. The third-order valence-electron chi connectivity index (χ3n) is 2.57. The Morgan fingerprint density at radius 2 is 2.31 bits per heavy atom. The van der Waals surface area contributed by atoms with E-state index in [-0.39, 0.29) is 6.61 Å². The number of allylic oxidation sites excluding steroid dienone is 1. The lowest BCUT2D eigenvalue weighted by Gasteiger charge is -2.32. The number of aliphatic hydroxyl groups excluding tert-OH is 2. The van der Waals surface area contributed by atoms with Crippen LogP contribution in [0.25, 0.3) is 0 Å². The van der Waals surface area contributed by atoms with Crippen LogP contribution < -0.4 is 0 Å². The lowest BCUT2D eigenvalue weighted by molar-refractivity contribution is -0.0642. The van der Waals surface area contributed by atoms with Gasteiger partial charge < -0.3 is 19.8 Å². The second kappa shape index (κ2) is 4.50. The van der Waals surface area contributed by atoms with Gasteiger partial charge in [0.25, 0.3) is 0 Å². The Kier molecular flexibility index (Phi) is 3.42. The van der Waals surface area contributed by atoms with Gasteiger partial charge in [-0.15, -0.1) is 0 Å². The fourth-order valence-corrected chi connectivity index (χ4v) is 2.35. The number of alkyl halides is 2. The van der Waals surface area contributed by atoms with E-state index in [9.17, 15) is 5.11 Å². The number of rotatable bonds is 2. The summed E-state index contributed by atoms with van der Waals surface area (Å²) in [4.78, 5) is 5.68. The average Bonchev–Trinajstić information content (AvgIpc) is 2.52. The Morgan fingerprint density at radius 3 is 2.81 bits per heavy atom.